The summed E-state index contributed by atoms with van der Waals surface area (Å²) in [5, 5.41) is 8.64. The lowest BCUT2D eigenvalue weighted by molar-refractivity contribution is -0.140. The monoisotopic (exact) mass is 386 g/mol. The molecule has 1 saturated heterocycles. The largest absolute Gasteiger partial charge is 0.489 e. The van der Waals surface area contributed by atoms with Gasteiger partial charge in [-0.25, -0.2) is 9.38 Å². The Kier molecular flexibility index (Phi) is 5.66. The van der Waals surface area contributed by atoms with E-state index < -0.39 is 17.3 Å². The van der Waals surface area contributed by atoms with Crippen molar-refractivity contribution < 1.29 is 18.7 Å². The number of benzene rings is 1. The highest BCUT2D eigenvalue weighted by atomic mass is 19.1. The highest BCUT2D eigenvalue weighted by Gasteiger charge is 2.52. The van der Waals surface area contributed by atoms with E-state index in [4.69, 9.17) is 20.5 Å². The first-order valence-electron chi connectivity index (χ1n) is 9.06. The molecule has 2 aliphatic heterocycles. The van der Waals surface area contributed by atoms with Crippen molar-refractivity contribution in [1.29, 1.82) is 5.26 Å². The fraction of sp³-hybridized carbons (Fsp3) is 0.450. The van der Waals surface area contributed by atoms with Crippen LogP contribution in [-0.4, -0.2) is 43.6 Å². The molecule has 2 unspecified atom stereocenters. The molecule has 28 heavy (non-hydrogen) atoms. The molecule has 148 valence electrons. The average Bonchev–Trinajstić information content (AvgIpc) is 2.69. The molecule has 8 heteroatoms. The van der Waals surface area contributed by atoms with E-state index in [2.05, 4.69) is 17.6 Å². The Morgan fingerprint density at radius 3 is 3.14 bits per heavy atom. The number of fused-ring (bicyclic) bond motifs is 1. The summed E-state index contributed by atoms with van der Waals surface area (Å²) in [5.41, 5.74) is 5.71. The number of guanidine groups is 1. The number of hydrogen-bond acceptors (Lipinski definition) is 6. The third-order valence-corrected chi connectivity index (χ3v) is 5.17. The molecule has 2 N–H and O–H groups in total. The van der Waals surface area contributed by atoms with Crippen LogP contribution in [0.1, 0.15) is 24.8 Å². The summed E-state index contributed by atoms with van der Waals surface area (Å²) < 4.78 is 26.1. The second-order valence-electron chi connectivity index (χ2n) is 7.02. The summed E-state index contributed by atoms with van der Waals surface area (Å²) in [6, 6.07) is 6.40. The molecule has 0 aliphatic carbocycles. The van der Waals surface area contributed by atoms with E-state index in [0.717, 1.165) is 5.57 Å². The van der Waals surface area contributed by atoms with Crippen LogP contribution in [0.2, 0.25) is 0 Å². The van der Waals surface area contributed by atoms with Gasteiger partial charge < -0.3 is 15.2 Å². The fourth-order valence-corrected chi connectivity index (χ4v) is 3.57. The number of nitriles is 1. The summed E-state index contributed by atoms with van der Waals surface area (Å²) in [7, 11) is 1.56. The topological polar surface area (TPSA) is 101 Å². The van der Waals surface area contributed by atoms with E-state index in [1.165, 1.54) is 17.0 Å². The van der Waals surface area contributed by atoms with Crippen molar-refractivity contribution in [2.24, 2.45) is 16.6 Å². The summed E-state index contributed by atoms with van der Waals surface area (Å²) in [6.07, 6.45) is 1.32. The maximum Gasteiger partial charge on any atom is 0.235 e. The zero-order valence-electron chi connectivity index (χ0n) is 15.8. The maximum atomic E-state index is 14.8. The van der Waals surface area contributed by atoms with Crippen molar-refractivity contribution in [3.8, 4) is 11.8 Å². The van der Waals surface area contributed by atoms with Crippen LogP contribution in [0.15, 0.2) is 35.3 Å². The second kappa shape index (κ2) is 7.98. The van der Waals surface area contributed by atoms with Crippen LogP contribution in [-0.2, 0) is 15.1 Å². The third-order valence-electron chi connectivity index (χ3n) is 5.17. The molecule has 2 aliphatic rings. The first kappa shape index (κ1) is 19.8. The number of rotatable bonds is 6. The van der Waals surface area contributed by atoms with Crippen molar-refractivity contribution in [3.63, 3.8) is 0 Å². The number of amides is 1. The Morgan fingerprint density at radius 1 is 1.61 bits per heavy atom. The van der Waals surface area contributed by atoms with Gasteiger partial charge in [0.25, 0.3) is 0 Å². The van der Waals surface area contributed by atoms with E-state index in [1.54, 1.807) is 13.1 Å². The summed E-state index contributed by atoms with van der Waals surface area (Å²) in [6.45, 7) is 4.55. The minimum absolute atomic E-state index is 0.0300. The van der Waals surface area contributed by atoms with Gasteiger partial charge in [0.1, 0.15) is 23.7 Å². The molecule has 7 nitrogen and oxygen atoms in total. The third kappa shape index (κ3) is 3.58. The number of carbonyl (C=O) groups excluding carboxylic acids is 1. The lowest BCUT2D eigenvalue weighted by Gasteiger charge is -2.45. The van der Waals surface area contributed by atoms with E-state index in [9.17, 15) is 9.18 Å². The first-order valence-corrected chi connectivity index (χ1v) is 9.06. The van der Waals surface area contributed by atoms with E-state index in [0.29, 0.717) is 31.6 Å². The molecule has 0 radical (unpaired) electrons. The molecule has 1 amide bonds. The van der Waals surface area contributed by atoms with Crippen molar-refractivity contribution in [3.05, 3.63) is 41.7 Å². The van der Waals surface area contributed by atoms with Gasteiger partial charge in [-0.2, -0.15) is 5.26 Å². The Balaban J connectivity index is 1.94. The SMILES string of the molecule is C=C(CCC#N)COc1ccc(F)c(C23COCCC2C(=O)N(C)C(N)=N3)c1. The normalized spacial score (nSPS) is 24.2. The standard InChI is InChI=1S/C20H23FN4O3/c1-13(4-3-8-22)11-28-14-5-6-17(21)16(10-14)20-12-27-9-7-15(20)18(26)25(2)19(23)24-20/h5-6,10,15H,1,3-4,7,9,11-12H2,2H3,(H2,23,24). The predicted octanol–water partition coefficient (Wildman–Crippen LogP) is 2.08. The Labute approximate surface area is 163 Å². The Bertz CT molecular complexity index is 863. The quantitative estimate of drug-likeness (QED) is 0.755. The molecule has 3 rings (SSSR count). The predicted molar refractivity (Wildman–Crippen MR) is 101 cm³/mol. The molecule has 0 saturated carbocycles. The van der Waals surface area contributed by atoms with Crippen LogP contribution in [0.5, 0.6) is 5.75 Å². The van der Waals surface area contributed by atoms with Gasteiger partial charge in [0.15, 0.2) is 5.96 Å². The van der Waals surface area contributed by atoms with Crippen LogP contribution in [0.3, 0.4) is 0 Å². The van der Waals surface area contributed by atoms with Crippen LogP contribution in [0, 0.1) is 23.1 Å². The van der Waals surface area contributed by atoms with Gasteiger partial charge in [0.05, 0.1) is 18.6 Å². The van der Waals surface area contributed by atoms with Crippen molar-refractivity contribution in [2.75, 3.05) is 26.9 Å². The molecule has 0 spiro atoms. The smallest absolute Gasteiger partial charge is 0.235 e. The molecular weight excluding hydrogens is 363 g/mol. The van der Waals surface area contributed by atoms with Gasteiger partial charge >= 0.3 is 0 Å². The van der Waals surface area contributed by atoms with Crippen LogP contribution < -0.4 is 10.5 Å². The molecule has 1 fully saturated rings. The number of ether oxygens (including phenoxy) is 2. The highest BCUT2D eigenvalue weighted by molar-refractivity contribution is 6.00. The summed E-state index contributed by atoms with van der Waals surface area (Å²) >= 11 is 0. The summed E-state index contributed by atoms with van der Waals surface area (Å²) in [4.78, 5) is 18.6. The van der Waals surface area contributed by atoms with Gasteiger partial charge in [-0.15, -0.1) is 0 Å². The van der Waals surface area contributed by atoms with Gasteiger partial charge in [-0.3, -0.25) is 9.69 Å². The Hall–Kier alpha value is -2.92. The van der Waals surface area contributed by atoms with Crippen LogP contribution in [0.25, 0.3) is 0 Å². The number of nitrogens with two attached hydrogens (primary N) is 1. The van der Waals surface area contributed by atoms with Gasteiger partial charge in [0.2, 0.25) is 5.91 Å². The lowest BCUT2D eigenvalue weighted by Crippen LogP contribution is -2.58. The van der Waals surface area contributed by atoms with Crippen molar-refractivity contribution in [2.45, 2.75) is 24.8 Å². The number of carbonyl (C=O) groups is 1. The number of aliphatic imine (C=N–C) groups is 1. The molecule has 0 aromatic heterocycles. The maximum absolute atomic E-state index is 14.8. The van der Waals surface area contributed by atoms with Crippen LogP contribution >= 0.6 is 0 Å². The number of hydrogen-bond donors (Lipinski definition) is 1. The average molecular weight is 386 g/mol. The lowest BCUT2D eigenvalue weighted by atomic mass is 9.74. The minimum atomic E-state index is -1.22. The van der Waals surface area contributed by atoms with Crippen molar-refractivity contribution >= 4 is 11.9 Å². The van der Waals surface area contributed by atoms with E-state index >= 15 is 0 Å². The van der Waals surface area contributed by atoms with Gasteiger partial charge in [-0.05, 0) is 36.6 Å². The molecule has 2 atom stereocenters. The zero-order valence-corrected chi connectivity index (χ0v) is 15.8. The zero-order chi connectivity index (χ0) is 20.3. The molecule has 0 bridgehead atoms. The Morgan fingerprint density at radius 2 is 2.39 bits per heavy atom. The minimum Gasteiger partial charge on any atom is -0.489 e. The molecule has 1 aromatic carbocycles. The van der Waals surface area contributed by atoms with Gasteiger partial charge in [0, 0.05) is 25.6 Å². The summed E-state index contributed by atoms with van der Waals surface area (Å²) in [5.74, 6) is -0.809. The van der Waals surface area contributed by atoms with E-state index in [-0.39, 0.29) is 30.6 Å². The number of nitrogens with zero attached hydrogens (tertiary/aromatic N) is 3. The second-order valence-corrected chi connectivity index (χ2v) is 7.02. The van der Waals surface area contributed by atoms with Gasteiger partial charge in [-0.1, -0.05) is 6.58 Å². The van der Waals surface area contributed by atoms with Crippen LogP contribution in [0.4, 0.5) is 4.39 Å². The molecular formula is C20H23FN4O3. The highest BCUT2D eigenvalue weighted by Crippen LogP contribution is 2.44. The molecule has 2 heterocycles. The van der Waals surface area contributed by atoms with Crippen molar-refractivity contribution in [1.82, 2.24) is 4.90 Å². The van der Waals surface area contributed by atoms with E-state index in [1.807, 2.05) is 0 Å². The molecule has 1 aromatic rings. The fourth-order valence-electron chi connectivity index (χ4n) is 3.57. The number of halogens is 1. The first-order chi connectivity index (χ1) is 13.4.